The molecule has 1 N–H and O–H groups in total. The minimum Gasteiger partial charge on any atom is -0.494 e. The summed E-state index contributed by atoms with van der Waals surface area (Å²) in [4.78, 5) is 6.32. The fourth-order valence-electron chi connectivity index (χ4n) is 2.78. The van der Waals surface area contributed by atoms with Crippen LogP contribution in [0.25, 0.3) is 0 Å². The first-order chi connectivity index (χ1) is 11.3. The van der Waals surface area contributed by atoms with Crippen LogP contribution in [0.2, 0.25) is 0 Å². The Morgan fingerprint density at radius 3 is 2.71 bits per heavy atom. The fraction of sp³-hybridized carbons (Fsp3) is 0.588. The maximum Gasteiger partial charge on any atom is 0.193 e. The smallest absolute Gasteiger partial charge is 0.193 e. The third-order valence-electron chi connectivity index (χ3n) is 4.26. The number of rotatable bonds is 4. The molecule has 0 amide bonds. The van der Waals surface area contributed by atoms with Crippen LogP contribution in [0.3, 0.4) is 0 Å². The highest BCUT2D eigenvalue weighted by molar-refractivity contribution is 7.92. The topological polar surface area (TPSA) is 71.0 Å². The Labute approximate surface area is 144 Å². The second-order valence-corrected chi connectivity index (χ2v) is 9.18. The van der Waals surface area contributed by atoms with Gasteiger partial charge in [-0.15, -0.1) is 0 Å². The Kier molecular flexibility index (Phi) is 5.74. The molecule has 0 spiro atoms. The number of hydrogen-bond acceptors (Lipinski definition) is 4. The van der Waals surface area contributed by atoms with Gasteiger partial charge in [0.25, 0.3) is 0 Å². The van der Waals surface area contributed by atoms with Crippen LogP contribution >= 0.6 is 0 Å². The molecule has 0 unspecified atom stereocenters. The van der Waals surface area contributed by atoms with Crippen LogP contribution in [0.4, 0.5) is 0 Å². The van der Waals surface area contributed by atoms with Gasteiger partial charge in [0.2, 0.25) is 0 Å². The summed E-state index contributed by atoms with van der Waals surface area (Å²) >= 11 is 0. The van der Waals surface area contributed by atoms with Crippen LogP contribution in [0.15, 0.2) is 29.3 Å². The summed E-state index contributed by atoms with van der Waals surface area (Å²) in [7, 11) is -1.35. The van der Waals surface area contributed by atoms with Gasteiger partial charge in [-0.3, -0.25) is 4.99 Å². The molecule has 1 aliphatic rings. The van der Waals surface area contributed by atoms with Gasteiger partial charge >= 0.3 is 0 Å². The first kappa shape index (κ1) is 18.6. The summed E-state index contributed by atoms with van der Waals surface area (Å²) in [5.41, 5.74) is 1.05. The van der Waals surface area contributed by atoms with Gasteiger partial charge in [-0.25, -0.2) is 8.42 Å². The molecule has 0 aromatic heterocycles. The van der Waals surface area contributed by atoms with Crippen LogP contribution in [0, 0.1) is 0 Å². The van der Waals surface area contributed by atoms with Gasteiger partial charge in [0.15, 0.2) is 15.8 Å². The third kappa shape index (κ3) is 4.01. The Morgan fingerprint density at radius 2 is 2.08 bits per heavy atom. The summed E-state index contributed by atoms with van der Waals surface area (Å²) in [6, 6.07) is 7.87. The lowest BCUT2D eigenvalue weighted by molar-refractivity contribution is 0.334. The van der Waals surface area contributed by atoms with E-state index in [-0.39, 0.29) is 5.75 Å². The minimum absolute atomic E-state index is 0.149. The summed E-state index contributed by atoms with van der Waals surface area (Å²) < 4.78 is 29.2. The molecule has 7 heteroatoms. The largest absolute Gasteiger partial charge is 0.494 e. The van der Waals surface area contributed by atoms with Crippen molar-refractivity contribution in [2.75, 3.05) is 32.5 Å². The van der Waals surface area contributed by atoms with Gasteiger partial charge in [0.05, 0.1) is 17.1 Å². The van der Waals surface area contributed by atoms with E-state index in [1.807, 2.05) is 36.1 Å². The van der Waals surface area contributed by atoms with Crippen LogP contribution in [-0.2, 0) is 16.4 Å². The van der Waals surface area contributed by atoms with Crippen LogP contribution < -0.4 is 10.1 Å². The van der Waals surface area contributed by atoms with E-state index in [1.54, 1.807) is 20.9 Å². The maximum absolute atomic E-state index is 12.2. The SMILES string of the molecule is CCOc1ccccc1CNC(=NC)N1CCS(=O)(=O)C(C)(C)C1. The Hall–Kier alpha value is -1.76. The molecule has 1 heterocycles. The van der Waals surface area contributed by atoms with Gasteiger partial charge in [-0.2, -0.15) is 0 Å². The number of hydrogen-bond donors (Lipinski definition) is 1. The van der Waals surface area contributed by atoms with E-state index in [4.69, 9.17) is 4.74 Å². The Morgan fingerprint density at radius 1 is 1.38 bits per heavy atom. The fourth-order valence-corrected chi connectivity index (χ4v) is 4.14. The van der Waals surface area contributed by atoms with Gasteiger partial charge in [-0.1, -0.05) is 18.2 Å². The molecule has 0 radical (unpaired) electrons. The molecular formula is C17H27N3O3S. The van der Waals surface area contributed by atoms with Gasteiger partial charge in [-0.05, 0) is 26.8 Å². The van der Waals surface area contributed by atoms with E-state index < -0.39 is 14.6 Å². The van der Waals surface area contributed by atoms with Crippen LogP contribution in [0.5, 0.6) is 5.75 Å². The maximum atomic E-state index is 12.2. The summed E-state index contributed by atoms with van der Waals surface area (Å²) in [5.74, 6) is 1.71. The molecule has 1 saturated heterocycles. The van der Waals surface area contributed by atoms with E-state index in [0.29, 0.717) is 32.2 Å². The molecule has 1 fully saturated rings. The molecule has 1 aromatic carbocycles. The van der Waals surface area contributed by atoms with Crippen molar-refractivity contribution >= 4 is 15.8 Å². The van der Waals surface area contributed by atoms with E-state index >= 15 is 0 Å². The molecule has 0 aliphatic carbocycles. The Bertz CT molecular complexity index is 699. The zero-order valence-corrected chi connectivity index (χ0v) is 15.7. The monoisotopic (exact) mass is 353 g/mol. The molecule has 1 aromatic rings. The average molecular weight is 353 g/mol. The lowest BCUT2D eigenvalue weighted by Crippen LogP contribution is -2.57. The molecule has 24 heavy (non-hydrogen) atoms. The van der Waals surface area contributed by atoms with Crippen LogP contribution in [-0.4, -0.2) is 56.5 Å². The van der Waals surface area contributed by atoms with Gasteiger partial charge in [0.1, 0.15) is 5.75 Å². The lowest BCUT2D eigenvalue weighted by atomic mass is 10.2. The average Bonchev–Trinajstić information content (AvgIpc) is 2.53. The van der Waals surface area contributed by atoms with Crippen molar-refractivity contribution in [2.24, 2.45) is 4.99 Å². The van der Waals surface area contributed by atoms with Crippen molar-refractivity contribution in [3.63, 3.8) is 0 Å². The standard InChI is InChI=1S/C17H27N3O3S/c1-5-23-15-9-7-6-8-14(15)12-19-16(18-4)20-10-11-24(21,22)17(2,3)13-20/h6-9H,5,10-13H2,1-4H3,(H,18,19). The van der Waals surface area contributed by atoms with E-state index in [9.17, 15) is 8.42 Å². The molecule has 134 valence electrons. The van der Waals surface area contributed by atoms with Crippen molar-refractivity contribution < 1.29 is 13.2 Å². The van der Waals surface area contributed by atoms with Crippen molar-refractivity contribution in [3.05, 3.63) is 29.8 Å². The zero-order chi connectivity index (χ0) is 17.8. The first-order valence-electron chi connectivity index (χ1n) is 8.19. The lowest BCUT2D eigenvalue weighted by Gasteiger charge is -2.39. The number of nitrogens with one attached hydrogen (secondary N) is 1. The van der Waals surface area contributed by atoms with Crippen molar-refractivity contribution in [2.45, 2.75) is 32.1 Å². The number of benzene rings is 1. The second kappa shape index (κ2) is 7.42. The second-order valence-electron chi connectivity index (χ2n) is 6.44. The predicted molar refractivity (Wildman–Crippen MR) is 97.2 cm³/mol. The number of sulfone groups is 1. The molecule has 2 rings (SSSR count). The van der Waals surface area contributed by atoms with Crippen molar-refractivity contribution in [1.29, 1.82) is 0 Å². The van der Waals surface area contributed by atoms with E-state index in [0.717, 1.165) is 11.3 Å². The highest BCUT2D eigenvalue weighted by Gasteiger charge is 2.40. The summed E-state index contributed by atoms with van der Waals surface area (Å²) in [6.45, 7) is 7.58. The minimum atomic E-state index is -3.06. The third-order valence-corrected chi connectivity index (χ3v) is 6.80. The molecule has 1 aliphatic heterocycles. The number of nitrogens with zero attached hydrogens (tertiary/aromatic N) is 2. The molecule has 0 saturated carbocycles. The van der Waals surface area contributed by atoms with E-state index in [2.05, 4.69) is 10.3 Å². The summed E-state index contributed by atoms with van der Waals surface area (Å²) in [6.07, 6.45) is 0. The zero-order valence-electron chi connectivity index (χ0n) is 14.9. The van der Waals surface area contributed by atoms with Crippen LogP contribution in [0.1, 0.15) is 26.3 Å². The normalized spacial score (nSPS) is 19.8. The highest BCUT2D eigenvalue weighted by Crippen LogP contribution is 2.24. The molecule has 6 nitrogen and oxygen atoms in total. The number of ether oxygens (including phenoxy) is 1. The summed E-state index contributed by atoms with van der Waals surface area (Å²) in [5, 5.41) is 3.32. The van der Waals surface area contributed by atoms with E-state index in [1.165, 1.54) is 0 Å². The van der Waals surface area contributed by atoms with Gasteiger partial charge < -0.3 is 15.0 Å². The predicted octanol–water partition coefficient (Wildman–Crippen LogP) is 1.67. The quantitative estimate of drug-likeness (QED) is 0.659. The molecule has 0 bridgehead atoms. The van der Waals surface area contributed by atoms with Crippen molar-refractivity contribution in [1.82, 2.24) is 10.2 Å². The molecular weight excluding hydrogens is 326 g/mol. The molecule has 0 atom stereocenters. The van der Waals surface area contributed by atoms with Crippen molar-refractivity contribution in [3.8, 4) is 5.75 Å². The Balaban J connectivity index is 2.07. The number of aliphatic imine (C=N–C) groups is 1. The van der Waals surface area contributed by atoms with Gasteiger partial charge in [0, 0.05) is 32.2 Å². The number of guanidine groups is 1. The first-order valence-corrected chi connectivity index (χ1v) is 9.84. The number of para-hydroxylation sites is 1. The highest BCUT2D eigenvalue weighted by atomic mass is 32.2.